The lowest BCUT2D eigenvalue weighted by atomic mass is 10.1. The number of hydrogen-bond acceptors (Lipinski definition) is 3. The maximum atomic E-state index is 5.84. The average molecular weight is 337 g/mol. The number of nitrogens with zero attached hydrogens (tertiary/aromatic N) is 2. The van der Waals surface area contributed by atoms with E-state index in [1.165, 1.54) is 27.4 Å². The smallest absolute Gasteiger partial charge is 0.150 e. The Kier molecular flexibility index (Phi) is 2.86. The third-order valence-electron chi connectivity index (χ3n) is 3.70. The van der Waals surface area contributed by atoms with Crippen molar-refractivity contribution in [3.63, 3.8) is 0 Å². The monoisotopic (exact) mass is 336 g/mol. The number of rotatable bonds is 1. The minimum atomic E-state index is 0.104. The molecule has 1 unspecified atom stereocenters. The summed E-state index contributed by atoms with van der Waals surface area (Å²) >= 11 is 5.36. The summed E-state index contributed by atoms with van der Waals surface area (Å²) in [5, 5.41) is 9.19. The Morgan fingerprint density at radius 2 is 2.26 bits per heavy atom. The van der Waals surface area contributed by atoms with Gasteiger partial charge in [0.25, 0.3) is 0 Å². The number of benzene rings is 1. The third-order valence-corrected chi connectivity index (χ3v) is 5.69. The second kappa shape index (κ2) is 4.58. The van der Waals surface area contributed by atoms with Crippen LogP contribution in [0.3, 0.4) is 0 Å². The Balaban J connectivity index is 1.91. The van der Waals surface area contributed by atoms with Gasteiger partial charge in [-0.15, -0.1) is 11.3 Å². The second-order valence-electron chi connectivity index (χ2n) is 4.87. The molecule has 0 bridgehead atoms. The van der Waals surface area contributed by atoms with Crippen LogP contribution in [0.4, 0.5) is 0 Å². The van der Waals surface area contributed by atoms with Crippen LogP contribution >= 0.6 is 27.3 Å². The highest BCUT2D eigenvalue weighted by Crippen LogP contribution is 2.36. The Bertz CT molecular complexity index is 742. The third kappa shape index (κ3) is 1.83. The van der Waals surface area contributed by atoms with E-state index < -0.39 is 0 Å². The molecule has 4 rings (SSSR count). The topological polar surface area (TPSA) is 27.1 Å². The Morgan fingerprint density at radius 1 is 1.32 bits per heavy atom. The summed E-state index contributed by atoms with van der Waals surface area (Å²) in [5.74, 6) is 0. The minimum absolute atomic E-state index is 0.104. The largest absolute Gasteiger partial charge is 0.356 e. The van der Waals surface area contributed by atoms with Crippen LogP contribution in [-0.2, 0) is 4.74 Å². The van der Waals surface area contributed by atoms with Crippen LogP contribution in [0.2, 0.25) is 0 Å². The lowest BCUT2D eigenvalue weighted by Crippen LogP contribution is -2.18. The first kappa shape index (κ1) is 11.9. The van der Waals surface area contributed by atoms with Gasteiger partial charge >= 0.3 is 0 Å². The molecule has 1 aliphatic heterocycles. The maximum absolute atomic E-state index is 5.84. The predicted molar refractivity (Wildman–Crippen MR) is 81.7 cm³/mol. The van der Waals surface area contributed by atoms with Crippen LogP contribution in [0, 0.1) is 0 Å². The maximum Gasteiger partial charge on any atom is 0.150 e. The van der Waals surface area contributed by atoms with Crippen molar-refractivity contribution < 1.29 is 4.74 Å². The van der Waals surface area contributed by atoms with Gasteiger partial charge in [0.05, 0.1) is 11.7 Å². The summed E-state index contributed by atoms with van der Waals surface area (Å²) < 4.78 is 10.3. The van der Waals surface area contributed by atoms with Crippen LogP contribution in [0.5, 0.6) is 0 Å². The second-order valence-corrected chi connectivity index (χ2v) is 6.60. The van der Waals surface area contributed by atoms with Crippen molar-refractivity contribution in [3.05, 3.63) is 28.2 Å². The van der Waals surface area contributed by atoms with E-state index in [1.54, 1.807) is 11.3 Å². The molecule has 1 aromatic carbocycles. The van der Waals surface area contributed by atoms with Gasteiger partial charge in [0.2, 0.25) is 0 Å². The Hall–Kier alpha value is -0.910. The molecule has 0 N–H and O–H groups in total. The summed E-state index contributed by atoms with van der Waals surface area (Å²) in [5.41, 5.74) is 1.17. The van der Waals surface area contributed by atoms with E-state index in [1.807, 2.05) is 10.9 Å². The first-order valence-electron chi connectivity index (χ1n) is 6.49. The van der Waals surface area contributed by atoms with Crippen molar-refractivity contribution in [2.24, 2.45) is 0 Å². The first-order chi connectivity index (χ1) is 9.34. The zero-order chi connectivity index (χ0) is 12.8. The zero-order valence-electron chi connectivity index (χ0n) is 10.3. The van der Waals surface area contributed by atoms with Crippen LogP contribution in [0.15, 0.2) is 28.2 Å². The average Bonchev–Trinajstić information content (AvgIpc) is 3.03. The molecule has 1 aliphatic rings. The molecule has 1 atom stereocenters. The fraction of sp³-hybridized carbons (Fsp3) is 0.357. The molecule has 0 saturated carbocycles. The van der Waals surface area contributed by atoms with Gasteiger partial charge in [-0.05, 0) is 41.3 Å². The highest BCUT2D eigenvalue weighted by Gasteiger charge is 2.19. The predicted octanol–water partition coefficient (Wildman–Crippen LogP) is 4.71. The van der Waals surface area contributed by atoms with E-state index in [0.29, 0.717) is 0 Å². The molecule has 0 aliphatic carbocycles. The zero-order valence-corrected chi connectivity index (χ0v) is 12.7. The van der Waals surface area contributed by atoms with E-state index in [9.17, 15) is 0 Å². The Labute approximate surface area is 123 Å². The molecule has 3 heterocycles. The van der Waals surface area contributed by atoms with Gasteiger partial charge in [-0.1, -0.05) is 6.07 Å². The van der Waals surface area contributed by atoms with Crippen molar-refractivity contribution >= 4 is 48.3 Å². The van der Waals surface area contributed by atoms with Gasteiger partial charge in [-0.3, -0.25) is 0 Å². The van der Waals surface area contributed by atoms with Gasteiger partial charge in [-0.2, -0.15) is 5.10 Å². The highest BCUT2D eigenvalue weighted by molar-refractivity contribution is 9.10. The molecule has 19 heavy (non-hydrogen) atoms. The number of halogens is 1. The summed E-state index contributed by atoms with van der Waals surface area (Å²) in [6, 6.07) is 4.32. The SMILES string of the molecule is Brc1csc2c1ccc1c2cnn1C1CCCCO1. The molecule has 98 valence electrons. The fourth-order valence-corrected chi connectivity index (χ4v) is 4.41. The molecule has 1 saturated heterocycles. The number of ether oxygens (including phenoxy) is 1. The molecule has 2 aromatic heterocycles. The number of hydrogen-bond donors (Lipinski definition) is 0. The molecule has 0 radical (unpaired) electrons. The van der Waals surface area contributed by atoms with Gasteiger partial charge in [0.15, 0.2) is 6.23 Å². The van der Waals surface area contributed by atoms with Gasteiger partial charge in [-0.25, -0.2) is 4.68 Å². The lowest BCUT2D eigenvalue weighted by Gasteiger charge is -2.23. The summed E-state index contributed by atoms with van der Waals surface area (Å²) in [6.07, 6.45) is 5.52. The molecule has 5 heteroatoms. The van der Waals surface area contributed by atoms with Crippen LogP contribution in [0.25, 0.3) is 21.0 Å². The highest BCUT2D eigenvalue weighted by atomic mass is 79.9. The van der Waals surface area contributed by atoms with Gasteiger partial charge < -0.3 is 4.74 Å². The minimum Gasteiger partial charge on any atom is -0.356 e. The Morgan fingerprint density at radius 3 is 3.11 bits per heavy atom. The van der Waals surface area contributed by atoms with Gasteiger partial charge in [0.1, 0.15) is 0 Å². The molecular formula is C14H13BrN2OS. The normalized spacial score (nSPS) is 20.4. The number of aromatic nitrogens is 2. The van der Waals surface area contributed by atoms with E-state index in [2.05, 4.69) is 38.5 Å². The van der Waals surface area contributed by atoms with E-state index in [0.717, 1.165) is 23.9 Å². The molecule has 0 amide bonds. The number of thiophene rings is 1. The van der Waals surface area contributed by atoms with Crippen LogP contribution < -0.4 is 0 Å². The van der Waals surface area contributed by atoms with Crippen molar-refractivity contribution in [3.8, 4) is 0 Å². The van der Waals surface area contributed by atoms with Gasteiger partial charge in [0, 0.05) is 31.9 Å². The quantitative estimate of drug-likeness (QED) is 0.643. The number of fused-ring (bicyclic) bond motifs is 3. The van der Waals surface area contributed by atoms with E-state index in [4.69, 9.17) is 4.74 Å². The lowest BCUT2D eigenvalue weighted by molar-refractivity contribution is -0.0366. The molecule has 0 spiro atoms. The fourth-order valence-electron chi connectivity index (χ4n) is 2.73. The van der Waals surface area contributed by atoms with E-state index in [-0.39, 0.29) is 6.23 Å². The molecule has 3 nitrogen and oxygen atoms in total. The van der Waals surface area contributed by atoms with Crippen molar-refractivity contribution in [1.29, 1.82) is 0 Å². The molecule has 3 aromatic rings. The summed E-state index contributed by atoms with van der Waals surface area (Å²) in [6.45, 7) is 0.846. The van der Waals surface area contributed by atoms with E-state index >= 15 is 0 Å². The molecular weight excluding hydrogens is 324 g/mol. The van der Waals surface area contributed by atoms with Crippen molar-refractivity contribution in [2.45, 2.75) is 25.5 Å². The van der Waals surface area contributed by atoms with Crippen LogP contribution in [0.1, 0.15) is 25.5 Å². The van der Waals surface area contributed by atoms with Crippen molar-refractivity contribution in [2.75, 3.05) is 6.61 Å². The van der Waals surface area contributed by atoms with Crippen LogP contribution in [-0.4, -0.2) is 16.4 Å². The summed E-state index contributed by atoms with van der Waals surface area (Å²) in [7, 11) is 0. The molecule has 1 fully saturated rings. The first-order valence-corrected chi connectivity index (χ1v) is 8.16. The standard InChI is InChI=1S/C14H13BrN2OS/c15-11-8-19-14-9(11)4-5-12-10(14)7-16-17(12)13-3-1-2-6-18-13/h4-5,7-8,13H,1-3,6H2. The summed E-state index contributed by atoms with van der Waals surface area (Å²) in [4.78, 5) is 0. The van der Waals surface area contributed by atoms with Crippen molar-refractivity contribution in [1.82, 2.24) is 9.78 Å².